The van der Waals surface area contributed by atoms with Gasteiger partial charge in [0.25, 0.3) is 0 Å². The number of H-pyrrole nitrogens is 1. The Morgan fingerprint density at radius 3 is 2.81 bits per heavy atom. The number of ether oxygens (including phenoxy) is 1. The summed E-state index contributed by atoms with van der Waals surface area (Å²) in [6.07, 6.45) is -1.21. The van der Waals surface area contributed by atoms with E-state index in [0.717, 1.165) is 12.1 Å². The van der Waals surface area contributed by atoms with Gasteiger partial charge in [0.15, 0.2) is 17.7 Å². The third-order valence-electron chi connectivity index (χ3n) is 3.81. The van der Waals surface area contributed by atoms with Crippen molar-refractivity contribution >= 4 is 34.2 Å². The molecule has 0 aliphatic rings. The van der Waals surface area contributed by atoms with Gasteiger partial charge in [0, 0.05) is 5.02 Å². The lowest BCUT2D eigenvalue weighted by atomic mass is 10.1. The summed E-state index contributed by atoms with van der Waals surface area (Å²) in [4.78, 5) is 19.3. The average molecular weight is 386 g/mol. The minimum absolute atomic E-state index is 0.132. The molecular formula is C19H13ClFN3O3. The van der Waals surface area contributed by atoms with Crippen LogP contribution in [0.5, 0.6) is 0 Å². The van der Waals surface area contributed by atoms with Crippen LogP contribution in [0.25, 0.3) is 16.6 Å². The van der Waals surface area contributed by atoms with Crippen LogP contribution in [-0.4, -0.2) is 27.1 Å². The molecule has 0 unspecified atom stereocenters. The first-order chi connectivity index (χ1) is 12.9. The number of carbonyl (C=O) groups excluding carboxylic acids is 1. The number of esters is 1. The number of rotatable bonds is 4. The van der Waals surface area contributed by atoms with Gasteiger partial charge in [0.1, 0.15) is 17.5 Å². The highest BCUT2D eigenvalue weighted by atomic mass is 35.5. The van der Waals surface area contributed by atoms with Crippen molar-refractivity contribution < 1.29 is 19.0 Å². The third kappa shape index (κ3) is 3.76. The zero-order valence-corrected chi connectivity index (χ0v) is 14.8. The number of aliphatic hydroxyl groups excluding tert-OH is 1. The fourth-order valence-electron chi connectivity index (χ4n) is 2.44. The highest BCUT2D eigenvalue weighted by Crippen LogP contribution is 2.22. The van der Waals surface area contributed by atoms with E-state index in [0.29, 0.717) is 11.0 Å². The van der Waals surface area contributed by atoms with Crippen molar-refractivity contribution in [3.8, 4) is 6.07 Å². The maximum absolute atomic E-state index is 13.8. The molecule has 2 N–H and O–H groups in total. The van der Waals surface area contributed by atoms with Gasteiger partial charge in [-0.15, -0.1) is 0 Å². The average Bonchev–Trinajstić information content (AvgIpc) is 3.07. The van der Waals surface area contributed by atoms with Crippen LogP contribution in [0.15, 0.2) is 48.2 Å². The Morgan fingerprint density at radius 2 is 2.11 bits per heavy atom. The number of allylic oxidation sites excluding steroid dienone is 1. The lowest BCUT2D eigenvalue weighted by Crippen LogP contribution is -2.19. The number of nitrogens with one attached hydrogen (secondary N) is 1. The summed E-state index contributed by atoms with van der Waals surface area (Å²) in [5.74, 6) is -2.20. The van der Waals surface area contributed by atoms with E-state index in [4.69, 9.17) is 16.3 Å². The van der Waals surface area contributed by atoms with E-state index in [-0.39, 0.29) is 22.0 Å². The fourth-order valence-corrected chi connectivity index (χ4v) is 2.61. The Hall–Kier alpha value is -3.37. The number of benzene rings is 2. The first kappa shape index (κ1) is 18.4. The highest BCUT2D eigenvalue weighted by Gasteiger charge is 2.23. The first-order valence-electron chi connectivity index (χ1n) is 7.85. The topological polar surface area (TPSA) is 99.0 Å². The Labute approximate surface area is 158 Å². The van der Waals surface area contributed by atoms with Crippen molar-refractivity contribution in [1.82, 2.24) is 9.97 Å². The van der Waals surface area contributed by atoms with Crippen molar-refractivity contribution in [3.63, 3.8) is 0 Å². The Kier molecular flexibility index (Phi) is 5.10. The molecule has 0 saturated carbocycles. The number of para-hydroxylation sites is 2. The minimum Gasteiger partial charge on any atom is -0.507 e. The number of hydrogen-bond donors (Lipinski definition) is 2. The molecular weight excluding hydrogens is 373 g/mol. The molecule has 3 aromatic rings. The molecule has 1 aromatic heterocycles. The molecule has 2 aromatic carbocycles. The summed E-state index contributed by atoms with van der Waals surface area (Å²) < 4.78 is 18.9. The fraction of sp³-hybridized carbons (Fsp3) is 0.105. The van der Waals surface area contributed by atoms with E-state index in [1.807, 2.05) is 6.07 Å². The summed E-state index contributed by atoms with van der Waals surface area (Å²) in [7, 11) is 0. The molecule has 0 bridgehead atoms. The molecule has 136 valence electrons. The summed E-state index contributed by atoms with van der Waals surface area (Å²) in [6, 6.07) is 12.4. The third-order valence-corrected chi connectivity index (χ3v) is 4.05. The molecule has 1 atom stereocenters. The molecule has 0 aliphatic heterocycles. The van der Waals surface area contributed by atoms with Crippen LogP contribution in [0.3, 0.4) is 0 Å². The lowest BCUT2D eigenvalue weighted by Gasteiger charge is -2.14. The second-order valence-corrected chi connectivity index (χ2v) is 6.08. The number of halogens is 2. The molecule has 0 aliphatic carbocycles. The molecule has 8 heteroatoms. The van der Waals surface area contributed by atoms with Gasteiger partial charge in [0.05, 0.1) is 16.6 Å². The van der Waals surface area contributed by atoms with E-state index in [9.17, 15) is 19.6 Å². The smallest absolute Gasteiger partial charge is 0.341 e. The van der Waals surface area contributed by atoms with Crippen molar-refractivity contribution in [2.24, 2.45) is 0 Å². The van der Waals surface area contributed by atoms with E-state index in [1.54, 1.807) is 24.3 Å². The van der Waals surface area contributed by atoms with Crippen LogP contribution in [0, 0.1) is 17.1 Å². The first-order valence-corrected chi connectivity index (χ1v) is 8.23. The maximum atomic E-state index is 13.8. The summed E-state index contributed by atoms with van der Waals surface area (Å²) in [6.45, 7) is 1.36. The number of aromatic nitrogens is 2. The Bertz CT molecular complexity index is 1070. The Morgan fingerprint density at radius 1 is 1.37 bits per heavy atom. The highest BCUT2D eigenvalue weighted by molar-refractivity contribution is 6.30. The zero-order chi connectivity index (χ0) is 19.6. The number of nitrogens with zero attached hydrogens (tertiary/aromatic N) is 2. The monoisotopic (exact) mass is 385 g/mol. The zero-order valence-electron chi connectivity index (χ0n) is 14.0. The molecule has 0 radical (unpaired) electrons. The lowest BCUT2D eigenvalue weighted by molar-refractivity contribution is 0.0329. The van der Waals surface area contributed by atoms with Gasteiger partial charge < -0.3 is 14.8 Å². The van der Waals surface area contributed by atoms with E-state index >= 15 is 0 Å². The van der Waals surface area contributed by atoms with Gasteiger partial charge in [-0.25, -0.2) is 14.2 Å². The van der Waals surface area contributed by atoms with Crippen molar-refractivity contribution in [2.45, 2.75) is 13.0 Å². The molecule has 6 nitrogen and oxygen atoms in total. The SMILES string of the molecule is C[C@H](OC(=O)c1cc(Cl)ccc1F)/C(O)=C(\C#N)c1nc2ccccc2[nH]1. The predicted molar refractivity (Wildman–Crippen MR) is 97.5 cm³/mol. The normalized spacial score (nSPS) is 13.0. The van der Waals surface area contributed by atoms with Crippen LogP contribution in [-0.2, 0) is 4.74 Å². The molecule has 1 heterocycles. The van der Waals surface area contributed by atoms with Gasteiger partial charge in [0.2, 0.25) is 0 Å². The van der Waals surface area contributed by atoms with Gasteiger partial charge in [-0.1, -0.05) is 23.7 Å². The number of nitriles is 1. The number of hydrogen-bond acceptors (Lipinski definition) is 5. The second-order valence-electron chi connectivity index (χ2n) is 5.65. The number of aliphatic hydroxyl groups is 1. The molecule has 0 spiro atoms. The van der Waals surface area contributed by atoms with Crippen LogP contribution < -0.4 is 0 Å². The maximum Gasteiger partial charge on any atom is 0.341 e. The molecule has 3 rings (SSSR count). The molecule has 27 heavy (non-hydrogen) atoms. The predicted octanol–water partition coefficient (Wildman–Crippen LogP) is 4.39. The number of fused-ring (bicyclic) bond motifs is 1. The van der Waals surface area contributed by atoms with Gasteiger partial charge in [-0.3, -0.25) is 0 Å². The van der Waals surface area contributed by atoms with Crippen LogP contribution in [0.1, 0.15) is 23.1 Å². The largest absolute Gasteiger partial charge is 0.507 e. The quantitative estimate of drug-likeness (QED) is 0.394. The molecule has 0 saturated heterocycles. The summed E-state index contributed by atoms with van der Waals surface area (Å²) >= 11 is 5.76. The van der Waals surface area contributed by atoms with Crippen molar-refractivity contribution in [2.75, 3.05) is 0 Å². The minimum atomic E-state index is -1.21. The molecule has 0 fully saturated rings. The summed E-state index contributed by atoms with van der Waals surface area (Å²) in [5.41, 5.74) is 0.736. The molecule has 0 amide bonds. The number of imidazole rings is 1. The van der Waals surface area contributed by atoms with Gasteiger partial charge in [-0.2, -0.15) is 5.26 Å². The summed E-state index contributed by atoms with van der Waals surface area (Å²) in [5, 5.41) is 19.9. The van der Waals surface area contributed by atoms with Gasteiger partial charge in [-0.05, 0) is 37.3 Å². The van der Waals surface area contributed by atoms with Crippen molar-refractivity contribution in [3.05, 3.63) is 70.5 Å². The van der Waals surface area contributed by atoms with E-state index < -0.39 is 23.6 Å². The van der Waals surface area contributed by atoms with Crippen LogP contribution >= 0.6 is 11.6 Å². The number of aromatic amines is 1. The van der Waals surface area contributed by atoms with Crippen LogP contribution in [0.2, 0.25) is 5.02 Å². The second kappa shape index (κ2) is 7.48. The Balaban J connectivity index is 1.89. The van der Waals surface area contributed by atoms with E-state index in [2.05, 4.69) is 9.97 Å². The van der Waals surface area contributed by atoms with Crippen molar-refractivity contribution in [1.29, 1.82) is 5.26 Å². The number of carbonyl (C=O) groups is 1. The van der Waals surface area contributed by atoms with E-state index in [1.165, 1.54) is 13.0 Å². The standard InChI is InChI=1S/C19H13ClFN3O3/c1-10(27-19(26)12-8-11(20)6-7-14(12)21)17(25)13(9-22)18-23-15-4-2-3-5-16(15)24-18/h2-8,10,25H,1H3,(H,23,24)/b17-13-/t10-/m0/s1. The van der Waals surface area contributed by atoms with Gasteiger partial charge >= 0.3 is 5.97 Å². The van der Waals surface area contributed by atoms with Crippen LogP contribution in [0.4, 0.5) is 4.39 Å².